The summed E-state index contributed by atoms with van der Waals surface area (Å²) in [6, 6.07) is 20.8. The summed E-state index contributed by atoms with van der Waals surface area (Å²) >= 11 is 0. The van der Waals surface area contributed by atoms with Gasteiger partial charge in [-0.2, -0.15) is 4.31 Å². The van der Waals surface area contributed by atoms with Crippen molar-refractivity contribution < 1.29 is 18.3 Å². The Balaban J connectivity index is 1.75. The first-order chi connectivity index (χ1) is 13.9. The largest absolute Gasteiger partial charge is 0.504 e. The molecule has 0 radical (unpaired) electrons. The highest BCUT2D eigenvalue weighted by Crippen LogP contribution is 2.28. The summed E-state index contributed by atoms with van der Waals surface area (Å²) in [4.78, 5) is 4.49. The first kappa shape index (κ1) is 20.6. The molecule has 0 fully saturated rings. The molecule has 3 rings (SSSR count). The third-order valence-corrected chi connectivity index (χ3v) is 6.21. The van der Waals surface area contributed by atoms with Crippen molar-refractivity contribution in [1.29, 1.82) is 0 Å². The van der Waals surface area contributed by atoms with Gasteiger partial charge in [-0.25, -0.2) is 8.42 Å². The lowest BCUT2D eigenvalue weighted by Crippen LogP contribution is -2.26. The Labute approximate surface area is 170 Å². The van der Waals surface area contributed by atoms with Crippen molar-refractivity contribution in [1.82, 2.24) is 4.31 Å². The van der Waals surface area contributed by atoms with Gasteiger partial charge in [0.2, 0.25) is 10.0 Å². The van der Waals surface area contributed by atoms with Gasteiger partial charge in [0.1, 0.15) is 0 Å². The van der Waals surface area contributed by atoms with Gasteiger partial charge >= 0.3 is 0 Å². The predicted octanol–water partition coefficient (Wildman–Crippen LogP) is 3.97. The van der Waals surface area contributed by atoms with E-state index in [1.54, 1.807) is 37.4 Å². The molecule has 150 valence electrons. The van der Waals surface area contributed by atoms with Gasteiger partial charge in [-0.3, -0.25) is 4.99 Å². The maximum absolute atomic E-state index is 12.8. The summed E-state index contributed by atoms with van der Waals surface area (Å²) in [6.07, 6.45) is 1.50. The molecule has 0 amide bonds. The van der Waals surface area contributed by atoms with E-state index >= 15 is 0 Å². The van der Waals surface area contributed by atoms with Crippen LogP contribution in [-0.4, -0.2) is 38.2 Å². The Morgan fingerprint density at radius 2 is 1.69 bits per heavy atom. The lowest BCUT2D eigenvalue weighted by molar-refractivity contribution is 0.373. The zero-order valence-corrected chi connectivity index (χ0v) is 17.0. The maximum atomic E-state index is 12.8. The maximum Gasteiger partial charge on any atom is 0.243 e. The van der Waals surface area contributed by atoms with E-state index in [-0.39, 0.29) is 17.2 Å². The van der Waals surface area contributed by atoms with Gasteiger partial charge < -0.3 is 9.84 Å². The minimum Gasteiger partial charge on any atom is -0.504 e. The van der Waals surface area contributed by atoms with Crippen LogP contribution < -0.4 is 4.74 Å². The molecule has 0 unspecified atom stereocenters. The molecule has 0 aliphatic heterocycles. The molecule has 0 aliphatic rings. The molecule has 1 N–H and O–H groups in total. The third-order valence-electron chi connectivity index (χ3n) is 4.40. The van der Waals surface area contributed by atoms with Crippen LogP contribution in [0.2, 0.25) is 0 Å². The second-order valence-corrected chi connectivity index (χ2v) is 8.44. The normalized spacial score (nSPS) is 11.8. The quantitative estimate of drug-likeness (QED) is 0.598. The molecule has 0 aliphatic carbocycles. The van der Waals surface area contributed by atoms with E-state index in [2.05, 4.69) is 4.99 Å². The fraction of sp³-hybridized carbons (Fsp3) is 0.136. The van der Waals surface area contributed by atoms with E-state index in [4.69, 9.17) is 4.74 Å². The lowest BCUT2D eigenvalue weighted by Gasteiger charge is -2.17. The number of aromatic hydroxyl groups is 1. The fourth-order valence-corrected chi connectivity index (χ4v) is 3.92. The molecular weight excluding hydrogens is 388 g/mol. The summed E-state index contributed by atoms with van der Waals surface area (Å²) in [5.41, 5.74) is 1.98. The highest BCUT2D eigenvalue weighted by atomic mass is 32.2. The van der Waals surface area contributed by atoms with Gasteiger partial charge in [-0.05, 0) is 42.0 Å². The van der Waals surface area contributed by atoms with Crippen LogP contribution in [0.15, 0.2) is 82.7 Å². The number of hydrogen-bond acceptors (Lipinski definition) is 5. The van der Waals surface area contributed by atoms with Crippen molar-refractivity contribution in [2.45, 2.75) is 11.4 Å². The Morgan fingerprint density at radius 1 is 1.00 bits per heavy atom. The van der Waals surface area contributed by atoms with Crippen LogP contribution in [-0.2, 0) is 16.6 Å². The van der Waals surface area contributed by atoms with Gasteiger partial charge in [-0.1, -0.05) is 36.4 Å². The number of para-hydroxylation sites is 1. The first-order valence-electron chi connectivity index (χ1n) is 8.92. The topological polar surface area (TPSA) is 79.2 Å². The first-order valence-corrected chi connectivity index (χ1v) is 10.4. The number of benzene rings is 3. The molecule has 0 saturated heterocycles. The third kappa shape index (κ3) is 4.82. The van der Waals surface area contributed by atoms with Crippen molar-refractivity contribution in [2.75, 3.05) is 14.2 Å². The number of methoxy groups -OCH3 is 1. The fourth-order valence-electron chi connectivity index (χ4n) is 2.76. The van der Waals surface area contributed by atoms with E-state index in [1.165, 1.54) is 29.8 Å². The smallest absolute Gasteiger partial charge is 0.243 e. The van der Waals surface area contributed by atoms with E-state index in [0.29, 0.717) is 17.0 Å². The van der Waals surface area contributed by atoms with Crippen LogP contribution in [0.4, 0.5) is 5.69 Å². The molecular formula is C22H22N2O4S. The van der Waals surface area contributed by atoms with Crippen molar-refractivity contribution in [3.63, 3.8) is 0 Å². The molecule has 3 aromatic carbocycles. The highest BCUT2D eigenvalue weighted by Gasteiger charge is 2.20. The van der Waals surface area contributed by atoms with Crippen LogP contribution in [0.1, 0.15) is 11.1 Å². The molecule has 6 nitrogen and oxygen atoms in total. The van der Waals surface area contributed by atoms with Crippen LogP contribution in [0.5, 0.6) is 11.5 Å². The van der Waals surface area contributed by atoms with Crippen LogP contribution in [0.25, 0.3) is 0 Å². The number of rotatable bonds is 7. The highest BCUT2D eigenvalue weighted by molar-refractivity contribution is 7.89. The summed E-state index contributed by atoms with van der Waals surface area (Å²) in [7, 11) is -0.580. The van der Waals surface area contributed by atoms with Gasteiger partial charge in [0, 0.05) is 25.4 Å². The molecule has 3 aromatic rings. The Hall–Kier alpha value is -3.16. The number of sulfonamides is 1. The number of phenols is 1. The summed E-state index contributed by atoms with van der Waals surface area (Å²) in [5.74, 6) is 0.359. The molecule has 0 heterocycles. The minimum absolute atomic E-state index is 0.000449. The molecule has 0 bridgehead atoms. The average Bonchev–Trinajstić information content (AvgIpc) is 2.74. The Kier molecular flexibility index (Phi) is 6.31. The SMILES string of the molecule is COc1cccc(C=Nc2ccc(S(=O)(=O)N(C)Cc3ccccc3)cc2)c1O. The second-order valence-electron chi connectivity index (χ2n) is 6.40. The summed E-state index contributed by atoms with van der Waals surface area (Å²) < 4.78 is 32.0. The second kappa shape index (κ2) is 8.89. The minimum atomic E-state index is -3.61. The molecule has 0 atom stereocenters. The molecule has 29 heavy (non-hydrogen) atoms. The van der Waals surface area contributed by atoms with Gasteiger partial charge in [-0.15, -0.1) is 0 Å². The standard InChI is InChI=1S/C22H22N2O4S/c1-24(16-17-7-4-3-5-8-17)29(26,27)20-13-11-19(12-14-20)23-15-18-9-6-10-21(28-2)22(18)25/h3-15,25H,16H2,1-2H3. The van der Waals surface area contributed by atoms with Crippen molar-refractivity contribution in [3.05, 3.63) is 83.9 Å². The molecule has 7 heteroatoms. The molecule has 0 aromatic heterocycles. The summed E-state index contributed by atoms with van der Waals surface area (Å²) in [5, 5.41) is 10.1. The number of nitrogens with zero attached hydrogens (tertiary/aromatic N) is 2. The zero-order chi connectivity index (χ0) is 20.9. The number of hydrogen-bond donors (Lipinski definition) is 1. The van der Waals surface area contributed by atoms with Gasteiger partial charge in [0.25, 0.3) is 0 Å². The monoisotopic (exact) mass is 410 g/mol. The van der Waals surface area contributed by atoms with E-state index < -0.39 is 10.0 Å². The Morgan fingerprint density at radius 3 is 2.34 bits per heavy atom. The van der Waals surface area contributed by atoms with Crippen molar-refractivity contribution in [2.24, 2.45) is 4.99 Å². The summed E-state index contributed by atoms with van der Waals surface area (Å²) in [6.45, 7) is 0.290. The van der Waals surface area contributed by atoms with Crippen LogP contribution in [0.3, 0.4) is 0 Å². The van der Waals surface area contributed by atoms with Crippen molar-refractivity contribution in [3.8, 4) is 11.5 Å². The van der Waals surface area contributed by atoms with E-state index in [9.17, 15) is 13.5 Å². The van der Waals surface area contributed by atoms with Crippen molar-refractivity contribution >= 4 is 21.9 Å². The number of aliphatic imine (C=N–C) groups is 1. The van der Waals surface area contributed by atoms with Gasteiger partial charge in [0.15, 0.2) is 11.5 Å². The Bertz CT molecular complexity index is 1100. The molecule has 0 saturated carbocycles. The number of phenolic OH excluding ortho intramolecular Hbond substituents is 1. The van der Waals surface area contributed by atoms with Crippen LogP contribution >= 0.6 is 0 Å². The lowest BCUT2D eigenvalue weighted by atomic mass is 10.2. The van der Waals surface area contributed by atoms with Crippen LogP contribution in [0, 0.1) is 0 Å². The van der Waals surface area contributed by atoms with E-state index in [0.717, 1.165) is 5.56 Å². The zero-order valence-electron chi connectivity index (χ0n) is 16.2. The van der Waals surface area contributed by atoms with E-state index in [1.807, 2.05) is 30.3 Å². The van der Waals surface area contributed by atoms with Gasteiger partial charge in [0.05, 0.1) is 17.7 Å². The predicted molar refractivity (Wildman–Crippen MR) is 113 cm³/mol. The average molecular weight is 410 g/mol. The molecule has 0 spiro atoms. The number of ether oxygens (including phenoxy) is 1.